The van der Waals surface area contributed by atoms with Gasteiger partial charge in [0.05, 0.1) is 11.0 Å². The Kier molecular flexibility index (Phi) is 5.52. The summed E-state index contributed by atoms with van der Waals surface area (Å²) in [5.41, 5.74) is -0.235. The summed E-state index contributed by atoms with van der Waals surface area (Å²) in [5, 5.41) is 32.7. The number of phenols is 1. The number of aliphatic imine (C=N–C) groups is 1. The molecule has 2 N–H and O–H groups in total. The fourth-order valence-corrected chi connectivity index (χ4v) is 3.13. The van der Waals surface area contributed by atoms with Crippen molar-refractivity contribution in [3.05, 3.63) is 106 Å². The molecule has 0 spiro atoms. The second kappa shape index (κ2) is 8.02. The van der Waals surface area contributed by atoms with E-state index in [1.54, 1.807) is 6.92 Å². The molecule has 3 rings (SSSR count). The highest BCUT2D eigenvalue weighted by Crippen LogP contribution is 2.35. The minimum atomic E-state index is -1.41. The first kappa shape index (κ1) is 19.3. The predicted molar refractivity (Wildman–Crippen MR) is 108 cm³/mol. The van der Waals surface area contributed by atoms with E-state index in [4.69, 9.17) is 0 Å². The topological polar surface area (TPSA) is 96.0 Å². The Labute approximate surface area is 162 Å². The standard InChI is InChI=1S/C22H20N2O4/c1-16(23-15-17-9-8-14-20(21(17)25)24(27)28)22(26,18-10-4-2-5-11-18)19-12-6-3-7-13-19/h2-16,25-26H,1H3/t16-/m1/s1. The Morgan fingerprint density at radius 3 is 2.00 bits per heavy atom. The highest BCUT2D eigenvalue weighted by molar-refractivity contribution is 5.85. The van der Waals surface area contributed by atoms with Crippen LogP contribution in [0.3, 0.4) is 0 Å². The van der Waals surface area contributed by atoms with Gasteiger partial charge in [-0.25, -0.2) is 0 Å². The van der Waals surface area contributed by atoms with E-state index < -0.39 is 28.0 Å². The molecule has 1 atom stereocenters. The van der Waals surface area contributed by atoms with Crippen LogP contribution in [0.25, 0.3) is 0 Å². The van der Waals surface area contributed by atoms with E-state index in [0.29, 0.717) is 11.1 Å². The maximum absolute atomic E-state index is 11.6. The summed E-state index contributed by atoms with van der Waals surface area (Å²) in [7, 11) is 0. The maximum atomic E-state index is 11.6. The molecule has 0 saturated heterocycles. The molecule has 0 aromatic heterocycles. The van der Waals surface area contributed by atoms with Crippen molar-refractivity contribution in [1.29, 1.82) is 0 Å². The fourth-order valence-electron chi connectivity index (χ4n) is 3.13. The largest absolute Gasteiger partial charge is 0.502 e. The Morgan fingerprint density at radius 2 is 1.50 bits per heavy atom. The lowest BCUT2D eigenvalue weighted by Gasteiger charge is -2.33. The number of hydrogen-bond acceptors (Lipinski definition) is 5. The van der Waals surface area contributed by atoms with E-state index >= 15 is 0 Å². The third-order valence-electron chi connectivity index (χ3n) is 4.71. The van der Waals surface area contributed by atoms with Crippen LogP contribution in [-0.4, -0.2) is 27.4 Å². The highest BCUT2D eigenvalue weighted by atomic mass is 16.6. The number of phenolic OH excluding ortho intramolecular Hbond substituents is 1. The van der Waals surface area contributed by atoms with E-state index in [2.05, 4.69) is 4.99 Å². The lowest BCUT2D eigenvalue weighted by Crippen LogP contribution is -2.38. The van der Waals surface area contributed by atoms with Crippen molar-refractivity contribution >= 4 is 11.9 Å². The number of nitro groups is 1. The van der Waals surface area contributed by atoms with Crippen LogP contribution in [0.1, 0.15) is 23.6 Å². The van der Waals surface area contributed by atoms with Gasteiger partial charge in [-0.3, -0.25) is 15.1 Å². The van der Waals surface area contributed by atoms with Gasteiger partial charge in [-0.15, -0.1) is 0 Å². The first-order chi connectivity index (χ1) is 13.4. The smallest absolute Gasteiger partial charge is 0.311 e. The quantitative estimate of drug-likeness (QED) is 0.385. The summed E-state index contributed by atoms with van der Waals surface area (Å²) in [5.74, 6) is -0.452. The molecule has 0 radical (unpaired) electrons. The van der Waals surface area contributed by atoms with Crippen molar-refractivity contribution in [2.24, 2.45) is 4.99 Å². The van der Waals surface area contributed by atoms with Crippen LogP contribution in [0, 0.1) is 10.1 Å². The zero-order valence-corrected chi connectivity index (χ0v) is 15.3. The van der Waals surface area contributed by atoms with Crippen LogP contribution in [0.15, 0.2) is 83.9 Å². The Morgan fingerprint density at radius 1 is 0.964 bits per heavy atom. The molecule has 0 amide bonds. The molecule has 0 saturated carbocycles. The van der Waals surface area contributed by atoms with Crippen LogP contribution < -0.4 is 0 Å². The summed E-state index contributed by atoms with van der Waals surface area (Å²) in [6.07, 6.45) is 1.35. The second-order valence-electron chi connectivity index (χ2n) is 6.42. The molecule has 0 aliphatic heterocycles. The van der Waals surface area contributed by atoms with Gasteiger partial charge in [0.2, 0.25) is 5.75 Å². The van der Waals surface area contributed by atoms with Crippen molar-refractivity contribution in [3.8, 4) is 5.75 Å². The molecule has 3 aromatic rings. The Bertz CT molecular complexity index is 948. The normalized spacial score (nSPS) is 12.8. The molecule has 0 heterocycles. The molecule has 6 heteroatoms. The van der Waals surface area contributed by atoms with Crippen LogP contribution >= 0.6 is 0 Å². The molecule has 6 nitrogen and oxygen atoms in total. The second-order valence-corrected chi connectivity index (χ2v) is 6.42. The molecular formula is C22H20N2O4. The zero-order chi connectivity index (χ0) is 20.1. The van der Waals surface area contributed by atoms with Gasteiger partial charge >= 0.3 is 5.69 Å². The molecule has 0 unspecified atom stereocenters. The lowest BCUT2D eigenvalue weighted by molar-refractivity contribution is -0.385. The first-order valence-electron chi connectivity index (χ1n) is 8.77. The molecule has 28 heavy (non-hydrogen) atoms. The minimum Gasteiger partial charge on any atom is -0.502 e. The van der Waals surface area contributed by atoms with Crippen molar-refractivity contribution < 1.29 is 15.1 Å². The highest BCUT2D eigenvalue weighted by Gasteiger charge is 2.37. The molecule has 0 aliphatic carbocycles. The van der Waals surface area contributed by atoms with E-state index in [9.17, 15) is 20.3 Å². The summed E-state index contributed by atoms with van der Waals surface area (Å²) < 4.78 is 0. The van der Waals surface area contributed by atoms with Gasteiger partial charge in [-0.05, 0) is 24.1 Å². The fraction of sp³-hybridized carbons (Fsp3) is 0.136. The summed E-state index contributed by atoms with van der Waals surface area (Å²) >= 11 is 0. The molecule has 3 aromatic carbocycles. The van der Waals surface area contributed by atoms with E-state index in [0.717, 1.165) is 0 Å². The van der Waals surface area contributed by atoms with Crippen LogP contribution in [-0.2, 0) is 5.60 Å². The first-order valence-corrected chi connectivity index (χ1v) is 8.77. The SMILES string of the molecule is C[C@@H](N=Cc1cccc([N+](=O)[O-])c1O)C(O)(c1ccccc1)c1ccccc1. The van der Waals surface area contributed by atoms with Crippen molar-refractivity contribution in [2.75, 3.05) is 0 Å². The molecule has 0 fully saturated rings. The van der Waals surface area contributed by atoms with Crippen LogP contribution in [0.4, 0.5) is 5.69 Å². The third kappa shape index (κ3) is 3.63. The average Bonchev–Trinajstić information content (AvgIpc) is 2.73. The number of para-hydroxylation sites is 1. The van der Waals surface area contributed by atoms with Gasteiger partial charge in [0.1, 0.15) is 5.60 Å². The summed E-state index contributed by atoms with van der Waals surface area (Å²) in [6, 6.07) is 22.0. The lowest BCUT2D eigenvalue weighted by atomic mass is 9.81. The predicted octanol–water partition coefficient (Wildman–Crippen LogP) is 4.04. The van der Waals surface area contributed by atoms with E-state index in [1.807, 2.05) is 60.7 Å². The Hall–Kier alpha value is -3.51. The minimum absolute atomic E-state index is 0.213. The van der Waals surface area contributed by atoms with Crippen molar-refractivity contribution in [1.82, 2.24) is 0 Å². The molecule has 142 valence electrons. The van der Waals surface area contributed by atoms with Gasteiger partial charge in [-0.2, -0.15) is 0 Å². The van der Waals surface area contributed by atoms with Gasteiger partial charge in [0.15, 0.2) is 0 Å². The summed E-state index contributed by atoms with van der Waals surface area (Å²) in [4.78, 5) is 14.8. The number of hydrogen-bond donors (Lipinski definition) is 2. The number of rotatable bonds is 6. The summed E-state index contributed by atoms with van der Waals surface area (Å²) in [6.45, 7) is 1.75. The average molecular weight is 376 g/mol. The maximum Gasteiger partial charge on any atom is 0.311 e. The van der Waals surface area contributed by atoms with Gasteiger partial charge in [-0.1, -0.05) is 66.7 Å². The number of nitrogens with zero attached hydrogens (tertiary/aromatic N) is 2. The third-order valence-corrected chi connectivity index (χ3v) is 4.71. The van der Waals surface area contributed by atoms with E-state index in [1.165, 1.54) is 24.4 Å². The van der Waals surface area contributed by atoms with Crippen molar-refractivity contribution in [3.63, 3.8) is 0 Å². The van der Waals surface area contributed by atoms with Crippen LogP contribution in [0.5, 0.6) is 5.75 Å². The Balaban J connectivity index is 2.02. The number of aromatic hydroxyl groups is 1. The van der Waals surface area contributed by atoms with Gasteiger partial charge < -0.3 is 10.2 Å². The number of nitro benzene ring substituents is 1. The van der Waals surface area contributed by atoms with Crippen molar-refractivity contribution in [2.45, 2.75) is 18.6 Å². The molecule has 0 bridgehead atoms. The van der Waals surface area contributed by atoms with Gasteiger partial charge in [0, 0.05) is 17.8 Å². The van der Waals surface area contributed by atoms with E-state index in [-0.39, 0.29) is 5.56 Å². The number of benzene rings is 3. The van der Waals surface area contributed by atoms with Crippen LogP contribution in [0.2, 0.25) is 0 Å². The zero-order valence-electron chi connectivity index (χ0n) is 15.3. The monoisotopic (exact) mass is 376 g/mol. The number of aliphatic hydroxyl groups is 1. The van der Waals surface area contributed by atoms with Gasteiger partial charge in [0.25, 0.3) is 0 Å². The molecular weight excluding hydrogens is 356 g/mol. The molecule has 0 aliphatic rings.